The number of amides is 1. The van der Waals surface area contributed by atoms with E-state index in [2.05, 4.69) is 20.5 Å². The summed E-state index contributed by atoms with van der Waals surface area (Å²) < 4.78 is 0. The molecule has 1 aliphatic rings. The van der Waals surface area contributed by atoms with Gasteiger partial charge in [-0.2, -0.15) is 0 Å². The minimum absolute atomic E-state index is 0.0499. The molecule has 19 heavy (non-hydrogen) atoms. The first-order valence-corrected chi connectivity index (χ1v) is 6.44. The van der Waals surface area contributed by atoms with Crippen molar-refractivity contribution in [1.29, 1.82) is 0 Å². The Labute approximate surface area is 110 Å². The number of aliphatic carboxylic acids is 1. The van der Waals surface area contributed by atoms with Crippen molar-refractivity contribution in [2.75, 3.05) is 6.54 Å². The minimum Gasteiger partial charge on any atom is -0.481 e. The second kappa shape index (κ2) is 5.38. The van der Waals surface area contributed by atoms with E-state index < -0.39 is 17.3 Å². The third-order valence-electron chi connectivity index (χ3n) is 3.65. The van der Waals surface area contributed by atoms with Crippen LogP contribution in [-0.2, 0) is 4.79 Å². The number of aromatic amines is 1. The minimum atomic E-state index is -0.835. The van der Waals surface area contributed by atoms with Gasteiger partial charge in [0, 0.05) is 6.54 Å². The first kappa shape index (κ1) is 13.5. The Morgan fingerprint density at radius 1 is 1.37 bits per heavy atom. The summed E-state index contributed by atoms with van der Waals surface area (Å²) in [5.74, 6) is -0.668. The Kier molecular flexibility index (Phi) is 3.82. The molecule has 0 bridgehead atoms. The molecule has 0 spiro atoms. The van der Waals surface area contributed by atoms with Crippen molar-refractivity contribution in [3.63, 3.8) is 0 Å². The van der Waals surface area contributed by atoms with Crippen molar-refractivity contribution in [3.8, 4) is 0 Å². The van der Waals surface area contributed by atoms with Crippen LogP contribution >= 0.6 is 0 Å². The molecule has 3 N–H and O–H groups in total. The Hall–Kier alpha value is -1.92. The van der Waals surface area contributed by atoms with E-state index in [1.807, 2.05) is 0 Å². The zero-order chi connectivity index (χ0) is 13.9. The molecule has 104 valence electrons. The van der Waals surface area contributed by atoms with Gasteiger partial charge in [-0.1, -0.05) is 19.3 Å². The predicted molar refractivity (Wildman–Crippen MR) is 66.6 cm³/mol. The summed E-state index contributed by atoms with van der Waals surface area (Å²) in [5.41, 5.74) is -0.834. The van der Waals surface area contributed by atoms with E-state index >= 15 is 0 Å². The summed E-state index contributed by atoms with van der Waals surface area (Å²) in [6, 6.07) is 0. The van der Waals surface area contributed by atoms with E-state index in [-0.39, 0.29) is 12.4 Å². The monoisotopic (exact) mass is 266 g/mol. The number of carbonyl (C=O) groups is 2. The quantitative estimate of drug-likeness (QED) is 0.749. The number of aromatic nitrogens is 3. The molecule has 1 aliphatic carbocycles. The third-order valence-corrected chi connectivity index (χ3v) is 3.65. The molecule has 0 unspecified atom stereocenters. The van der Waals surface area contributed by atoms with E-state index in [1.54, 1.807) is 6.92 Å². The van der Waals surface area contributed by atoms with Crippen molar-refractivity contribution in [1.82, 2.24) is 20.5 Å². The summed E-state index contributed by atoms with van der Waals surface area (Å²) in [6.45, 7) is 1.83. The Balaban J connectivity index is 1.99. The number of carboxylic acids is 1. The molecule has 0 saturated heterocycles. The van der Waals surface area contributed by atoms with Crippen LogP contribution in [0.2, 0.25) is 0 Å². The van der Waals surface area contributed by atoms with E-state index in [0.717, 1.165) is 19.3 Å². The molecule has 1 aromatic heterocycles. The Morgan fingerprint density at radius 2 is 2.05 bits per heavy atom. The molecule has 0 aliphatic heterocycles. The molecular weight excluding hydrogens is 248 g/mol. The lowest BCUT2D eigenvalue weighted by Gasteiger charge is -2.32. The van der Waals surface area contributed by atoms with Crippen LogP contribution in [0, 0.1) is 12.3 Å². The molecule has 1 amide bonds. The standard InChI is InChI=1S/C12H18N4O3/c1-8-14-9(16-15-8)10(17)13-7-12(11(18)19)5-3-2-4-6-12/h2-7H2,1H3,(H,13,17)(H,18,19)(H,14,15,16). The molecule has 1 fully saturated rings. The summed E-state index contributed by atoms with van der Waals surface area (Å²) in [4.78, 5) is 27.2. The highest BCUT2D eigenvalue weighted by Gasteiger charge is 2.40. The molecule has 1 heterocycles. The smallest absolute Gasteiger partial charge is 0.311 e. The van der Waals surface area contributed by atoms with Gasteiger partial charge < -0.3 is 10.4 Å². The second-order valence-corrected chi connectivity index (χ2v) is 5.07. The van der Waals surface area contributed by atoms with Gasteiger partial charge in [0.05, 0.1) is 5.41 Å². The SMILES string of the molecule is Cc1nc(C(=O)NCC2(C(=O)O)CCCCC2)n[nH]1. The number of carbonyl (C=O) groups excluding carboxylic acids is 1. The van der Waals surface area contributed by atoms with Gasteiger partial charge in [0.15, 0.2) is 0 Å². The van der Waals surface area contributed by atoms with Crippen LogP contribution in [0.5, 0.6) is 0 Å². The zero-order valence-electron chi connectivity index (χ0n) is 10.9. The summed E-state index contributed by atoms with van der Waals surface area (Å²) >= 11 is 0. The summed E-state index contributed by atoms with van der Waals surface area (Å²) in [7, 11) is 0. The normalized spacial score (nSPS) is 17.9. The van der Waals surface area contributed by atoms with Crippen molar-refractivity contribution < 1.29 is 14.7 Å². The third kappa shape index (κ3) is 2.91. The number of nitrogens with one attached hydrogen (secondary N) is 2. The Bertz CT molecular complexity index is 477. The zero-order valence-corrected chi connectivity index (χ0v) is 10.9. The topological polar surface area (TPSA) is 108 Å². The lowest BCUT2D eigenvalue weighted by Crippen LogP contribution is -2.44. The first-order chi connectivity index (χ1) is 9.03. The molecule has 1 aromatic rings. The number of carboxylic acid groups (broad SMARTS) is 1. The fourth-order valence-corrected chi connectivity index (χ4v) is 2.47. The largest absolute Gasteiger partial charge is 0.481 e. The van der Waals surface area contributed by atoms with Crippen LogP contribution in [0.1, 0.15) is 48.5 Å². The van der Waals surface area contributed by atoms with Gasteiger partial charge in [-0.15, -0.1) is 5.10 Å². The number of aryl methyl sites for hydroxylation is 1. The first-order valence-electron chi connectivity index (χ1n) is 6.44. The van der Waals surface area contributed by atoms with Gasteiger partial charge in [-0.3, -0.25) is 14.7 Å². The van der Waals surface area contributed by atoms with Crippen molar-refractivity contribution in [2.45, 2.75) is 39.0 Å². The molecule has 1 saturated carbocycles. The van der Waals surface area contributed by atoms with Crippen LogP contribution in [0.3, 0.4) is 0 Å². The maximum atomic E-state index is 11.8. The highest BCUT2D eigenvalue weighted by atomic mass is 16.4. The molecule has 7 heteroatoms. The number of H-pyrrole nitrogens is 1. The molecule has 0 atom stereocenters. The summed E-state index contributed by atoms with van der Waals surface area (Å²) in [5, 5.41) is 18.4. The number of hydrogen-bond acceptors (Lipinski definition) is 4. The van der Waals surface area contributed by atoms with Crippen LogP contribution < -0.4 is 5.32 Å². The molecule has 2 rings (SSSR count). The van der Waals surface area contributed by atoms with Gasteiger partial charge in [0.25, 0.3) is 5.91 Å². The van der Waals surface area contributed by atoms with Crippen LogP contribution in [-0.4, -0.2) is 38.7 Å². The van der Waals surface area contributed by atoms with Crippen LogP contribution in [0.15, 0.2) is 0 Å². The van der Waals surface area contributed by atoms with Crippen LogP contribution in [0.4, 0.5) is 0 Å². The number of rotatable bonds is 4. The van der Waals surface area contributed by atoms with Gasteiger partial charge in [0.2, 0.25) is 5.82 Å². The van der Waals surface area contributed by atoms with E-state index in [1.165, 1.54) is 0 Å². The number of hydrogen-bond donors (Lipinski definition) is 3. The van der Waals surface area contributed by atoms with Gasteiger partial charge >= 0.3 is 5.97 Å². The molecule has 0 radical (unpaired) electrons. The highest BCUT2D eigenvalue weighted by molar-refractivity contribution is 5.90. The summed E-state index contributed by atoms with van der Waals surface area (Å²) in [6.07, 6.45) is 4.05. The molecular formula is C12H18N4O3. The average molecular weight is 266 g/mol. The van der Waals surface area contributed by atoms with Crippen LogP contribution in [0.25, 0.3) is 0 Å². The average Bonchev–Trinajstić information content (AvgIpc) is 2.83. The van der Waals surface area contributed by atoms with Crippen molar-refractivity contribution >= 4 is 11.9 Å². The number of nitrogens with zero attached hydrogens (tertiary/aromatic N) is 2. The predicted octanol–water partition coefficient (Wildman–Crippen LogP) is 0.878. The lowest BCUT2D eigenvalue weighted by atomic mass is 9.74. The Morgan fingerprint density at radius 3 is 2.58 bits per heavy atom. The highest BCUT2D eigenvalue weighted by Crippen LogP contribution is 2.36. The lowest BCUT2D eigenvalue weighted by molar-refractivity contribution is -0.150. The van der Waals surface area contributed by atoms with Crippen molar-refractivity contribution in [2.24, 2.45) is 5.41 Å². The van der Waals surface area contributed by atoms with Crippen molar-refractivity contribution in [3.05, 3.63) is 11.6 Å². The maximum Gasteiger partial charge on any atom is 0.311 e. The fourth-order valence-electron chi connectivity index (χ4n) is 2.47. The van der Waals surface area contributed by atoms with Gasteiger partial charge in [0.1, 0.15) is 5.82 Å². The maximum absolute atomic E-state index is 11.8. The second-order valence-electron chi connectivity index (χ2n) is 5.07. The van der Waals surface area contributed by atoms with Gasteiger partial charge in [-0.05, 0) is 19.8 Å². The van der Waals surface area contributed by atoms with E-state index in [0.29, 0.717) is 18.7 Å². The fraction of sp³-hybridized carbons (Fsp3) is 0.667. The van der Waals surface area contributed by atoms with E-state index in [9.17, 15) is 14.7 Å². The van der Waals surface area contributed by atoms with Gasteiger partial charge in [-0.25, -0.2) is 4.98 Å². The molecule has 0 aromatic carbocycles. The molecule has 7 nitrogen and oxygen atoms in total. The van der Waals surface area contributed by atoms with E-state index in [4.69, 9.17) is 0 Å².